The maximum absolute atomic E-state index is 13.1. The lowest BCUT2D eigenvalue weighted by atomic mass is 10.1. The van der Waals surface area contributed by atoms with Crippen LogP contribution in [0.3, 0.4) is 0 Å². The van der Waals surface area contributed by atoms with Gasteiger partial charge >= 0.3 is 15.6 Å². The average Bonchev–Trinajstić information content (AvgIpc) is 3.72. The smallest absolute Gasteiger partial charge is 0.386 e. The molecular formula is C21H25N9O13P2. The normalized spacial score (nSPS) is 37.7. The van der Waals surface area contributed by atoms with Gasteiger partial charge in [-0.15, -0.1) is 0 Å². The van der Waals surface area contributed by atoms with Crippen molar-refractivity contribution in [2.24, 2.45) is 0 Å². The van der Waals surface area contributed by atoms with Crippen molar-refractivity contribution in [2.45, 2.75) is 56.0 Å². The van der Waals surface area contributed by atoms with Gasteiger partial charge in [0.15, 0.2) is 35.1 Å². The van der Waals surface area contributed by atoms with Crippen LogP contribution in [0.25, 0.3) is 22.3 Å². The molecule has 10 atom stereocenters. The number of hydrogen-bond acceptors (Lipinski definition) is 17. The second-order valence-electron chi connectivity index (χ2n) is 10.3. The fourth-order valence-electron chi connectivity index (χ4n) is 5.41. The third kappa shape index (κ3) is 5.37. The molecule has 0 spiro atoms. The standard InChI is InChI=1S/C21H25N9O13P2/c1-7-27-18-11(19(33)28-7)26-6-30(18)21-13(32)15-9(41-21)3-39-44(34,35)42-14-8(2-38-45(36,37)43-15)40-20(12(14)31)29-5-25-10-16(22)23-4-24-17(10)29/h4-6,8-9,12-15,20-21,31-32H,2-3H2,1H3,(H,34,35)(H,36,37)(H2,22,23,24)(H,27,28,33)/t8-,9-,12+,13+,14?,15?,20-,21-/m1/s1. The van der Waals surface area contributed by atoms with E-state index in [1.165, 1.54) is 22.4 Å². The molecule has 0 aliphatic carbocycles. The molecule has 4 aromatic rings. The van der Waals surface area contributed by atoms with E-state index in [0.29, 0.717) is 0 Å². The molecule has 3 aliphatic rings. The number of rotatable bonds is 2. The van der Waals surface area contributed by atoms with Crippen LogP contribution in [0, 0.1) is 6.92 Å². The fraction of sp³-hybridized carbons (Fsp3) is 0.524. The number of aromatic nitrogens is 8. The van der Waals surface area contributed by atoms with Gasteiger partial charge in [-0.3, -0.25) is 32.0 Å². The molecule has 7 heterocycles. The number of nitrogens with zero attached hydrogens (tertiary/aromatic N) is 7. The molecule has 0 amide bonds. The van der Waals surface area contributed by atoms with Crippen molar-refractivity contribution in [2.75, 3.05) is 18.9 Å². The van der Waals surface area contributed by atoms with Crippen LogP contribution in [-0.2, 0) is 36.7 Å². The molecule has 0 aromatic carbocycles. The van der Waals surface area contributed by atoms with E-state index in [9.17, 15) is 33.9 Å². The van der Waals surface area contributed by atoms with Crippen LogP contribution in [0.1, 0.15) is 18.3 Å². The largest absolute Gasteiger partial charge is 0.472 e. The number of imidazole rings is 2. The Hall–Kier alpha value is -3.24. The van der Waals surface area contributed by atoms with Crippen LogP contribution in [0.15, 0.2) is 23.8 Å². The molecule has 242 valence electrons. The molecular weight excluding hydrogens is 648 g/mol. The van der Waals surface area contributed by atoms with Gasteiger partial charge in [-0.2, -0.15) is 0 Å². The topological polar surface area (TPSA) is 304 Å². The Bertz CT molecular complexity index is 1930. The van der Waals surface area contributed by atoms with Crippen molar-refractivity contribution in [3.8, 4) is 0 Å². The van der Waals surface area contributed by atoms with Crippen LogP contribution in [0.4, 0.5) is 5.82 Å². The maximum Gasteiger partial charge on any atom is 0.472 e. The van der Waals surface area contributed by atoms with Gasteiger partial charge in [-0.25, -0.2) is 34.0 Å². The van der Waals surface area contributed by atoms with Crippen molar-refractivity contribution in [1.29, 1.82) is 0 Å². The Labute approximate surface area is 249 Å². The minimum Gasteiger partial charge on any atom is -0.386 e. The molecule has 45 heavy (non-hydrogen) atoms. The third-order valence-corrected chi connectivity index (χ3v) is 9.39. The highest BCUT2D eigenvalue weighted by molar-refractivity contribution is 7.47. The van der Waals surface area contributed by atoms with Crippen LogP contribution in [0.2, 0.25) is 0 Å². The Morgan fingerprint density at radius 3 is 1.98 bits per heavy atom. The monoisotopic (exact) mass is 673 g/mol. The summed E-state index contributed by atoms with van der Waals surface area (Å²) in [6.07, 6.45) is -8.84. The molecule has 3 saturated heterocycles. The minimum atomic E-state index is -5.04. The number of phosphoric acid groups is 2. The maximum atomic E-state index is 13.1. The van der Waals surface area contributed by atoms with E-state index in [-0.39, 0.29) is 34.0 Å². The highest BCUT2D eigenvalue weighted by atomic mass is 31.2. The highest BCUT2D eigenvalue weighted by Crippen LogP contribution is 2.53. The molecule has 7 rings (SSSR count). The van der Waals surface area contributed by atoms with E-state index in [1.54, 1.807) is 0 Å². The SMILES string of the molecule is Cc1nc2c(ncn2[C@@H]2O[C@@H]3COP(=O)(O)OC4[C@@H](COP(=O)(O)OC3[C@@H]2O)O[C@@H](n2cnc3c(N)ncnc32)[C@H]4O)c(=O)[nH]1. The first-order valence-corrected chi connectivity index (χ1v) is 16.2. The van der Waals surface area contributed by atoms with E-state index >= 15 is 0 Å². The van der Waals surface area contributed by atoms with Gasteiger partial charge in [-0.1, -0.05) is 0 Å². The Morgan fingerprint density at radius 1 is 0.867 bits per heavy atom. The quantitative estimate of drug-likeness (QED) is 0.130. The number of nitrogens with two attached hydrogens (primary N) is 1. The molecule has 0 radical (unpaired) electrons. The first-order valence-electron chi connectivity index (χ1n) is 13.2. The number of H-pyrrole nitrogens is 1. The summed E-state index contributed by atoms with van der Waals surface area (Å²) in [5.41, 5.74) is 5.55. The predicted molar refractivity (Wildman–Crippen MR) is 144 cm³/mol. The van der Waals surface area contributed by atoms with Crippen LogP contribution in [0.5, 0.6) is 0 Å². The minimum absolute atomic E-state index is 0.0199. The second-order valence-corrected chi connectivity index (χ2v) is 13.2. The van der Waals surface area contributed by atoms with E-state index in [4.69, 9.17) is 33.3 Å². The number of aryl methyl sites for hydroxylation is 1. The van der Waals surface area contributed by atoms with E-state index < -0.39 is 83.5 Å². The summed E-state index contributed by atoms with van der Waals surface area (Å²) in [4.78, 5) is 56.2. The second kappa shape index (κ2) is 10.9. The molecule has 3 aliphatic heterocycles. The zero-order chi connectivity index (χ0) is 31.8. The van der Waals surface area contributed by atoms with E-state index in [2.05, 4.69) is 29.9 Å². The molecule has 3 fully saturated rings. The van der Waals surface area contributed by atoms with Gasteiger partial charge in [0.1, 0.15) is 54.3 Å². The number of aliphatic hydroxyl groups is 2. The summed E-state index contributed by atoms with van der Waals surface area (Å²) in [5.74, 6) is 0.276. The van der Waals surface area contributed by atoms with Gasteiger partial charge in [0.2, 0.25) is 0 Å². The molecule has 7 N–H and O–H groups in total. The van der Waals surface area contributed by atoms with Crippen LogP contribution >= 0.6 is 15.6 Å². The summed E-state index contributed by atoms with van der Waals surface area (Å²) >= 11 is 0. The van der Waals surface area contributed by atoms with Gasteiger partial charge in [0.05, 0.1) is 25.9 Å². The van der Waals surface area contributed by atoms with Crippen molar-refractivity contribution in [3.63, 3.8) is 0 Å². The number of nitrogen functional groups attached to an aromatic ring is 1. The lowest BCUT2D eigenvalue weighted by molar-refractivity contribution is -0.0664. The number of anilines is 1. The number of nitrogens with one attached hydrogen (secondary N) is 1. The summed E-state index contributed by atoms with van der Waals surface area (Å²) in [5, 5.41) is 22.3. The number of hydrogen-bond donors (Lipinski definition) is 6. The number of phosphoric ester groups is 2. The molecule has 4 unspecified atom stereocenters. The van der Waals surface area contributed by atoms with Crippen molar-refractivity contribution >= 4 is 43.8 Å². The first-order chi connectivity index (χ1) is 21.3. The highest BCUT2D eigenvalue weighted by Gasteiger charge is 2.54. The Morgan fingerprint density at radius 2 is 1.40 bits per heavy atom. The zero-order valence-electron chi connectivity index (χ0n) is 22.8. The summed E-state index contributed by atoms with van der Waals surface area (Å²) in [6.45, 7) is -0.0934. The Kier molecular flexibility index (Phi) is 7.39. The van der Waals surface area contributed by atoms with E-state index in [1.807, 2.05) is 0 Å². The van der Waals surface area contributed by atoms with Crippen LogP contribution < -0.4 is 11.3 Å². The summed E-state index contributed by atoms with van der Waals surface area (Å²) in [6, 6.07) is 0. The number of fused-ring (bicyclic) bond motifs is 4. The number of aromatic amines is 1. The van der Waals surface area contributed by atoms with Crippen LogP contribution in [-0.4, -0.2) is 109 Å². The van der Waals surface area contributed by atoms with Gasteiger partial charge in [0, 0.05) is 0 Å². The van der Waals surface area contributed by atoms with Gasteiger partial charge in [-0.05, 0) is 6.92 Å². The van der Waals surface area contributed by atoms with Gasteiger partial charge < -0.3 is 40.2 Å². The number of ether oxygens (including phenoxy) is 2. The fourth-order valence-corrected chi connectivity index (χ4v) is 7.34. The molecule has 0 bridgehead atoms. The van der Waals surface area contributed by atoms with Crippen molar-refractivity contribution in [1.82, 2.24) is 39.0 Å². The summed E-state index contributed by atoms with van der Waals surface area (Å²) in [7, 11) is -10.1. The lowest BCUT2D eigenvalue weighted by Crippen LogP contribution is -2.39. The summed E-state index contributed by atoms with van der Waals surface area (Å²) < 4.78 is 61.1. The number of aliphatic hydroxyl groups excluding tert-OH is 2. The molecule has 22 nitrogen and oxygen atoms in total. The van der Waals surface area contributed by atoms with Crippen molar-refractivity contribution < 1.29 is 56.7 Å². The van der Waals surface area contributed by atoms with Gasteiger partial charge in [0.25, 0.3) is 5.56 Å². The van der Waals surface area contributed by atoms with E-state index in [0.717, 1.165) is 12.7 Å². The third-order valence-electron chi connectivity index (χ3n) is 7.42. The zero-order valence-corrected chi connectivity index (χ0v) is 24.6. The lowest BCUT2D eigenvalue weighted by Gasteiger charge is -2.27. The van der Waals surface area contributed by atoms with Crippen molar-refractivity contribution in [3.05, 3.63) is 35.2 Å². The average molecular weight is 673 g/mol. The first kappa shape index (κ1) is 30.4. The Balaban J connectivity index is 1.17. The molecule has 4 aromatic heterocycles. The molecule has 24 heteroatoms. The predicted octanol–water partition coefficient (Wildman–Crippen LogP) is -1.62. The molecule has 0 saturated carbocycles.